The molecule has 0 bridgehead atoms. The molecule has 0 N–H and O–H groups in total. The van der Waals surface area contributed by atoms with Gasteiger partial charge in [-0.25, -0.2) is 15.0 Å². The van der Waals surface area contributed by atoms with Gasteiger partial charge in [0.25, 0.3) is 0 Å². The number of hydrogen-bond acceptors (Lipinski definition) is 4. The Kier molecular flexibility index (Phi) is 4.00. The summed E-state index contributed by atoms with van der Waals surface area (Å²) in [6.07, 6.45) is 8.58. The van der Waals surface area contributed by atoms with Crippen LogP contribution in [0.1, 0.15) is 24.5 Å². The van der Waals surface area contributed by atoms with E-state index in [-0.39, 0.29) is 0 Å². The summed E-state index contributed by atoms with van der Waals surface area (Å²) in [6.45, 7) is 1.91. The largest absolute Gasteiger partial charge is 0.378 e. The van der Waals surface area contributed by atoms with Crippen LogP contribution < -0.4 is 4.90 Å². The summed E-state index contributed by atoms with van der Waals surface area (Å²) in [4.78, 5) is 15.7. The number of hydrogen-bond donors (Lipinski definition) is 0. The molecule has 22 heavy (non-hydrogen) atoms. The van der Waals surface area contributed by atoms with Crippen LogP contribution in [0.2, 0.25) is 0 Å². The van der Waals surface area contributed by atoms with Gasteiger partial charge in [-0.3, -0.25) is 0 Å². The van der Waals surface area contributed by atoms with Crippen molar-refractivity contribution in [3.05, 3.63) is 54.1 Å². The monoisotopic (exact) mass is 292 g/mol. The van der Waals surface area contributed by atoms with Crippen LogP contribution in [0, 0.1) is 6.92 Å². The summed E-state index contributed by atoms with van der Waals surface area (Å²) in [7, 11) is 4.06. The minimum Gasteiger partial charge on any atom is -0.378 e. The van der Waals surface area contributed by atoms with E-state index in [0.29, 0.717) is 0 Å². The lowest BCUT2D eigenvalue weighted by Crippen LogP contribution is -2.08. The first kappa shape index (κ1) is 14.4. The van der Waals surface area contributed by atoms with Gasteiger partial charge >= 0.3 is 0 Å². The molecule has 0 amide bonds. The zero-order valence-corrected chi connectivity index (χ0v) is 13.2. The lowest BCUT2D eigenvalue weighted by molar-refractivity contribution is 0.953. The highest BCUT2D eigenvalue weighted by Gasteiger charge is 2.10. The Bertz CT molecular complexity index is 727. The molecule has 1 aromatic carbocycles. The highest BCUT2D eigenvalue weighted by molar-refractivity contribution is 5.71. The maximum Gasteiger partial charge on any atom is 0.163 e. The van der Waals surface area contributed by atoms with Crippen molar-refractivity contribution in [1.29, 1.82) is 0 Å². The summed E-state index contributed by atoms with van der Waals surface area (Å²) < 4.78 is 0. The Morgan fingerprint density at radius 3 is 2.27 bits per heavy atom. The fourth-order valence-electron chi connectivity index (χ4n) is 2.43. The number of benzene rings is 1. The van der Waals surface area contributed by atoms with Crippen LogP contribution in [0.15, 0.2) is 42.5 Å². The molecule has 0 atom stereocenters. The predicted molar refractivity (Wildman–Crippen MR) is 90.7 cm³/mol. The SMILES string of the molecule is Cc1nc(C2=CCCC=C2)nc(-c2ccc(N(C)C)cc2)n1. The second-order valence-corrected chi connectivity index (χ2v) is 5.61. The highest BCUT2D eigenvalue weighted by Crippen LogP contribution is 2.23. The van der Waals surface area contributed by atoms with Gasteiger partial charge in [0.2, 0.25) is 0 Å². The first-order valence-corrected chi connectivity index (χ1v) is 7.51. The second-order valence-electron chi connectivity index (χ2n) is 5.61. The second kappa shape index (κ2) is 6.10. The summed E-state index contributed by atoms with van der Waals surface area (Å²) in [5.41, 5.74) is 3.26. The van der Waals surface area contributed by atoms with E-state index in [1.807, 2.05) is 21.0 Å². The fourth-order valence-corrected chi connectivity index (χ4v) is 2.43. The number of anilines is 1. The Morgan fingerprint density at radius 2 is 1.64 bits per heavy atom. The maximum atomic E-state index is 4.65. The quantitative estimate of drug-likeness (QED) is 0.866. The van der Waals surface area contributed by atoms with Crippen LogP contribution in [0.5, 0.6) is 0 Å². The van der Waals surface area contributed by atoms with Crippen molar-refractivity contribution >= 4 is 11.3 Å². The van der Waals surface area contributed by atoms with Gasteiger partial charge in [-0.1, -0.05) is 18.2 Å². The third-order valence-electron chi connectivity index (χ3n) is 3.64. The topological polar surface area (TPSA) is 41.9 Å². The third-order valence-corrected chi connectivity index (χ3v) is 3.64. The van der Waals surface area contributed by atoms with Gasteiger partial charge in [0, 0.05) is 30.9 Å². The molecular weight excluding hydrogens is 272 g/mol. The molecule has 2 aromatic rings. The molecule has 0 aliphatic heterocycles. The Labute approximate surface area is 131 Å². The maximum absolute atomic E-state index is 4.65. The number of allylic oxidation sites excluding steroid dienone is 4. The molecule has 0 unspecified atom stereocenters. The smallest absolute Gasteiger partial charge is 0.163 e. The zero-order chi connectivity index (χ0) is 15.5. The van der Waals surface area contributed by atoms with Gasteiger partial charge in [0.05, 0.1) is 0 Å². The van der Waals surface area contributed by atoms with Crippen molar-refractivity contribution in [2.75, 3.05) is 19.0 Å². The molecule has 1 aliphatic carbocycles. The molecule has 4 nitrogen and oxygen atoms in total. The summed E-state index contributed by atoms with van der Waals surface area (Å²) in [5, 5.41) is 0. The van der Waals surface area contributed by atoms with Gasteiger partial charge < -0.3 is 4.90 Å². The Balaban J connectivity index is 1.98. The lowest BCUT2D eigenvalue weighted by atomic mass is 10.1. The van der Waals surface area contributed by atoms with Gasteiger partial charge in [-0.05, 0) is 44.0 Å². The van der Waals surface area contributed by atoms with Crippen LogP contribution >= 0.6 is 0 Å². The highest BCUT2D eigenvalue weighted by atomic mass is 15.1. The molecule has 1 aromatic heterocycles. The van der Waals surface area contributed by atoms with Gasteiger partial charge in [0.15, 0.2) is 11.6 Å². The predicted octanol–water partition coefficient (Wildman–Crippen LogP) is 3.65. The van der Waals surface area contributed by atoms with Crippen molar-refractivity contribution in [2.45, 2.75) is 19.8 Å². The van der Waals surface area contributed by atoms with Crippen LogP contribution in [0.25, 0.3) is 17.0 Å². The molecular formula is C18H20N4. The minimum absolute atomic E-state index is 0.729. The molecule has 0 fully saturated rings. The number of nitrogens with zero attached hydrogens (tertiary/aromatic N) is 4. The molecule has 112 valence electrons. The zero-order valence-electron chi connectivity index (χ0n) is 13.2. The summed E-state index contributed by atoms with van der Waals surface area (Å²) in [5.74, 6) is 2.24. The summed E-state index contributed by atoms with van der Waals surface area (Å²) in [6, 6.07) is 8.26. The van der Waals surface area contributed by atoms with Crippen molar-refractivity contribution in [1.82, 2.24) is 15.0 Å². The van der Waals surface area contributed by atoms with Gasteiger partial charge in [-0.2, -0.15) is 0 Å². The van der Waals surface area contributed by atoms with E-state index < -0.39 is 0 Å². The van der Waals surface area contributed by atoms with E-state index in [1.54, 1.807) is 0 Å². The van der Waals surface area contributed by atoms with Crippen molar-refractivity contribution in [2.24, 2.45) is 0 Å². The number of aryl methyl sites for hydroxylation is 1. The van der Waals surface area contributed by atoms with E-state index in [4.69, 9.17) is 0 Å². The molecule has 1 heterocycles. The van der Waals surface area contributed by atoms with Crippen LogP contribution in [-0.4, -0.2) is 29.0 Å². The number of aromatic nitrogens is 3. The first-order chi connectivity index (χ1) is 10.6. The molecule has 0 saturated carbocycles. The van der Waals surface area contributed by atoms with Crippen LogP contribution in [-0.2, 0) is 0 Å². The molecule has 0 saturated heterocycles. The van der Waals surface area contributed by atoms with E-state index in [0.717, 1.165) is 47.1 Å². The van der Waals surface area contributed by atoms with E-state index in [1.165, 1.54) is 0 Å². The third kappa shape index (κ3) is 3.06. The Morgan fingerprint density at radius 1 is 0.909 bits per heavy atom. The fraction of sp³-hybridized carbons (Fsp3) is 0.278. The molecule has 0 radical (unpaired) electrons. The molecule has 0 spiro atoms. The van der Waals surface area contributed by atoms with E-state index in [9.17, 15) is 0 Å². The summed E-state index contributed by atoms with van der Waals surface area (Å²) >= 11 is 0. The average molecular weight is 292 g/mol. The standard InChI is InChI=1S/C18H20N4/c1-13-19-17(14-7-5-4-6-8-14)21-18(20-13)15-9-11-16(12-10-15)22(2)3/h5,7-12H,4,6H2,1-3H3. The minimum atomic E-state index is 0.729. The van der Waals surface area contributed by atoms with Crippen molar-refractivity contribution in [3.63, 3.8) is 0 Å². The van der Waals surface area contributed by atoms with Crippen molar-refractivity contribution < 1.29 is 0 Å². The first-order valence-electron chi connectivity index (χ1n) is 7.51. The van der Waals surface area contributed by atoms with Gasteiger partial charge in [0.1, 0.15) is 5.82 Å². The lowest BCUT2D eigenvalue weighted by Gasteiger charge is -2.13. The molecule has 4 heteroatoms. The normalized spacial score (nSPS) is 13.9. The Hall–Kier alpha value is -2.49. The van der Waals surface area contributed by atoms with E-state index >= 15 is 0 Å². The average Bonchev–Trinajstić information content (AvgIpc) is 2.55. The van der Waals surface area contributed by atoms with Gasteiger partial charge in [-0.15, -0.1) is 0 Å². The van der Waals surface area contributed by atoms with Crippen LogP contribution in [0.3, 0.4) is 0 Å². The van der Waals surface area contributed by atoms with Crippen molar-refractivity contribution in [3.8, 4) is 11.4 Å². The molecule has 3 rings (SSSR count). The number of rotatable bonds is 3. The van der Waals surface area contributed by atoms with E-state index in [2.05, 4.69) is 62.3 Å². The molecule has 1 aliphatic rings. The van der Waals surface area contributed by atoms with Crippen LogP contribution in [0.4, 0.5) is 5.69 Å².